The molecule has 1 atom stereocenters. The van der Waals surface area contributed by atoms with Crippen LogP contribution in [0.25, 0.3) is 0 Å². The number of nitrogens with zero attached hydrogens (tertiary/aromatic N) is 1. The molecule has 22 heavy (non-hydrogen) atoms. The molecular formula is C14H33IN4O2S. The highest BCUT2D eigenvalue weighted by molar-refractivity contribution is 14.0. The fourth-order valence-corrected chi connectivity index (χ4v) is 2.47. The Bertz CT molecular complexity index is 400. The number of aliphatic imine (C=N–C) groups is 1. The molecule has 0 aromatic rings. The molecule has 4 N–H and O–H groups in total. The molecule has 0 saturated heterocycles. The van der Waals surface area contributed by atoms with Gasteiger partial charge in [0.05, 0.1) is 5.75 Å². The van der Waals surface area contributed by atoms with Crippen molar-refractivity contribution in [2.45, 2.75) is 59.4 Å². The molecule has 0 aliphatic heterocycles. The van der Waals surface area contributed by atoms with Gasteiger partial charge in [-0.2, -0.15) is 0 Å². The van der Waals surface area contributed by atoms with Crippen LogP contribution in [-0.2, 0) is 10.0 Å². The summed E-state index contributed by atoms with van der Waals surface area (Å²) in [6, 6.07) is 0.311. The molecule has 0 radical (unpaired) electrons. The summed E-state index contributed by atoms with van der Waals surface area (Å²) < 4.78 is 24.9. The molecule has 0 bridgehead atoms. The lowest BCUT2D eigenvalue weighted by molar-refractivity contribution is 0.493. The normalized spacial score (nSPS) is 13.8. The van der Waals surface area contributed by atoms with Crippen LogP contribution in [0.1, 0.15) is 53.4 Å². The summed E-state index contributed by atoms with van der Waals surface area (Å²) in [5.74, 6) is 1.27. The maximum absolute atomic E-state index is 11.2. The molecule has 0 rings (SSSR count). The van der Waals surface area contributed by atoms with E-state index in [2.05, 4.69) is 35.8 Å². The number of hydrogen-bond donors (Lipinski definition) is 3. The third-order valence-electron chi connectivity index (χ3n) is 3.13. The molecule has 0 spiro atoms. The first-order valence-corrected chi connectivity index (χ1v) is 9.45. The number of nitrogens with two attached hydrogens (primary N) is 1. The zero-order valence-electron chi connectivity index (χ0n) is 14.3. The van der Waals surface area contributed by atoms with E-state index in [-0.39, 0.29) is 29.7 Å². The second-order valence-corrected chi connectivity index (χ2v) is 7.88. The summed E-state index contributed by atoms with van der Waals surface area (Å²) in [6.07, 6.45) is 4.12. The van der Waals surface area contributed by atoms with Gasteiger partial charge in [-0.25, -0.2) is 13.1 Å². The van der Waals surface area contributed by atoms with Crippen molar-refractivity contribution < 1.29 is 8.42 Å². The van der Waals surface area contributed by atoms with E-state index in [0.29, 0.717) is 31.5 Å². The highest BCUT2D eigenvalue weighted by Crippen LogP contribution is 2.07. The Morgan fingerprint density at radius 3 is 2.36 bits per heavy atom. The van der Waals surface area contributed by atoms with Crippen molar-refractivity contribution in [3.05, 3.63) is 0 Å². The number of guanidine groups is 1. The Morgan fingerprint density at radius 1 is 1.18 bits per heavy atom. The van der Waals surface area contributed by atoms with E-state index in [0.717, 1.165) is 12.3 Å². The lowest BCUT2D eigenvalue weighted by Gasteiger charge is -2.15. The van der Waals surface area contributed by atoms with E-state index in [4.69, 9.17) is 5.73 Å². The zero-order chi connectivity index (χ0) is 16.3. The van der Waals surface area contributed by atoms with Crippen molar-refractivity contribution in [1.29, 1.82) is 0 Å². The van der Waals surface area contributed by atoms with Gasteiger partial charge in [-0.1, -0.05) is 26.7 Å². The number of rotatable bonds is 11. The average Bonchev–Trinajstić information content (AvgIpc) is 2.37. The van der Waals surface area contributed by atoms with Crippen molar-refractivity contribution >= 4 is 40.0 Å². The quantitative estimate of drug-likeness (QED) is 0.195. The number of sulfonamides is 1. The molecule has 0 aromatic carbocycles. The summed E-state index contributed by atoms with van der Waals surface area (Å²) in [7, 11) is -3.10. The van der Waals surface area contributed by atoms with Crippen molar-refractivity contribution in [2.75, 3.05) is 18.8 Å². The number of hydrogen-bond acceptors (Lipinski definition) is 3. The summed E-state index contributed by atoms with van der Waals surface area (Å²) in [6.45, 7) is 9.07. The van der Waals surface area contributed by atoms with Crippen molar-refractivity contribution in [2.24, 2.45) is 16.6 Å². The molecule has 0 amide bonds. The predicted molar refractivity (Wildman–Crippen MR) is 105 cm³/mol. The van der Waals surface area contributed by atoms with Crippen LogP contribution in [-0.4, -0.2) is 39.3 Å². The summed E-state index contributed by atoms with van der Waals surface area (Å²) in [5, 5.41) is 3.16. The molecule has 0 aromatic heterocycles. The minimum absolute atomic E-state index is 0. The lowest BCUT2D eigenvalue weighted by Crippen LogP contribution is -2.38. The largest absolute Gasteiger partial charge is 0.370 e. The van der Waals surface area contributed by atoms with Crippen molar-refractivity contribution in [3.8, 4) is 0 Å². The SMILES string of the molecule is CCS(=O)(=O)NCCCN=C(N)NC(C)CCCC(C)C.I. The van der Waals surface area contributed by atoms with Crippen LogP contribution in [0.5, 0.6) is 0 Å². The van der Waals surface area contributed by atoms with Gasteiger partial charge in [-0.05, 0) is 32.6 Å². The molecule has 1 unspecified atom stereocenters. The molecule has 0 heterocycles. The first kappa shape index (κ1) is 24.2. The third-order valence-corrected chi connectivity index (χ3v) is 4.54. The van der Waals surface area contributed by atoms with Gasteiger partial charge >= 0.3 is 0 Å². The van der Waals surface area contributed by atoms with E-state index in [1.807, 2.05) is 0 Å². The fraction of sp³-hybridized carbons (Fsp3) is 0.929. The molecule has 0 aliphatic carbocycles. The van der Waals surface area contributed by atoms with Gasteiger partial charge in [-0.15, -0.1) is 24.0 Å². The smallest absolute Gasteiger partial charge is 0.211 e. The Labute approximate surface area is 153 Å². The Kier molecular flexibility index (Phi) is 14.7. The first-order valence-electron chi connectivity index (χ1n) is 7.80. The standard InChI is InChI=1S/C14H32N4O2S.HI/c1-5-21(19,20)17-11-7-10-16-14(15)18-13(4)9-6-8-12(2)3;/h12-13,17H,5-11H2,1-4H3,(H3,15,16,18);1H. The topological polar surface area (TPSA) is 96.6 Å². The van der Waals surface area contributed by atoms with Gasteiger partial charge in [0.2, 0.25) is 10.0 Å². The van der Waals surface area contributed by atoms with Crippen LogP contribution in [0.3, 0.4) is 0 Å². The first-order chi connectivity index (χ1) is 9.76. The Hall–Kier alpha value is -0.0900. The van der Waals surface area contributed by atoms with Gasteiger partial charge in [0, 0.05) is 19.1 Å². The number of halogens is 1. The van der Waals surface area contributed by atoms with E-state index < -0.39 is 10.0 Å². The van der Waals surface area contributed by atoms with Crippen LogP contribution in [0.15, 0.2) is 4.99 Å². The second kappa shape index (κ2) is 13.4. The average molecular weight is 448 g/mol. The van der Waals surface area contributed by atoms with Gasteiger partial charge in [0.25, 0.3) is 0 Å². The van der Waals surface area contributed by atoms with Crippen LogP contribution >= 0.6 is 24.0 Å². The maximum Gasteiger partial charge on any atom is 0.211 e. The summed E-state index contributed by atoms with van der Waals surface area (Å²) in [5.41, 5.74) is 5.80. The molecule has 6 nitrogen and oxygen atoms in total. The van der Waals surface area contributed by atoms with Gasteiger partial charge in [0.1, 0.15) is 0 Å². The Morgan fingerprint density at radius 2 is 1.82 bits per heavy atom. The minimum atomic E-state index is -3.10. The Balaban J connectivity index is 0. The summed E-state index contributed by atoms with van der Waals surface area (Å²) >= 11 is 0. The summed E-state index contributed by atoms with van der Waals surface area (Å²) in [4.78, 5) is 4.20. The van der Waals surface area contributed by atoms with E-state index in [1.165, 1.54) is 12.8 Å². The van der Waals surface area contributed by atoms with Crippen molar-refractivity contribution in [1.82, 2.24) is 10.0 Å². The van der Waals surface area contributed by atoms with Crippen molar-refractivity contribution in [3.63, 3.8) is 0 Å². The molecule has 134 valence electrons. The monoisotopic (exact) mass is 448 g/mol. The molecular weight excluding hydrogens is 415 g/mol. The van der Waals surface area contributed by atoms with Crippen LogP contribution in [0.4, 0.5) is 0 Å². The molecule has 0 fully saturated rings. The third kappa shape index (κ3) is 14.8. The fourth-order valence-electron chi connectivity index (χ4n) is 1.81. The van der Waals surface area contributed by atoms with Gasteiger partial charge in [0.15, 0.2) is 5.96 Å². The van der Waals surface area contributed by atoms with E-state index in [9.17, 15) is 8.42 Å². The van der Waals surface area contributed by atoms with Crippen LogP contribution in [0, 0.1) is 5.92 Å². The highest BCUT2D eigenvalue weighted by atomic mass is 127. The minimum Gasteiger partial charge on any atom is -0.370 e. The number of nitrogens with one attached hydrogen (secondary N) is 2. The molecule has 0 aliphatic rings. The predicted octanol–water partition coefficient (Wildman–Crippen LogP) is 2.05. The zero-order valence-corrected chi connectivity index (χ0v) is 17.4. The maximum atomic E-state index is 11.2. The van der Waals surface area contributed by atoms with Gasteiger partial charge in [-0.3, -0.25) is 4.99 Å². The molecule has 0 saturated carbocycles. The lowest BCUT2D eigenvalue weighted by atomic mass is 10.0. The van der Waals surface area contributed by atoms with Crippen LogP contribution in [0.2, 0.25) is 0 Å². The highest BCUT2D eigenvalue weighted by Gasteiger charge is 2.05. The van der Waals surface area contributed by atoms with Crippen LogP contribution < -0.4 is 15.8 Å². The van der Waals surface area contributed by atoms with Gasteiger partial charge < -0.3 is 11.1 Å². The van der Waals surface area contributed by atoms with E-state index >= 15 is 0 Å². The second-order valence-electron chi connectivity index (χ2n) is 5.79. The molecule has 8 heteroatoms. The van der Waals surface area contributed by atoms with E-state index in [1.54, 1.807) is 6.92 Å².